The molecule has 7 nitrogen and oxygen atoms in total. The molecule has 0 unspecified atom stereocenters. The van der Waals surface area contributed by atoms with E-state index in [2.05, 4.69) is 20.3 Å². The van der Waals surface area contributed by atoms with Gasteiger partial charge in [0.25, 0.3) is 0 Å². The summed E-state index contributed by atoms with van der Waals surface area (Å²) < 4.78 is 11.5. The van der Waals surface area contributed by atoms with Crippen molar-refractivity contribution in [3.8, 4) is 5.69 Å². The van der Waals surface area contributed by atoms with Crippen LogP contribution < -0.4 is 0 Å². The van der Waals surface area contributed by atoms with Crippen molar-refractivity contribution in [3.63, 3.8) is 0 Å². The lowest BCUT2D eigenvalue weighted by Crippen LogP contribution is -2.03. The van der Waals surface area contributed by atoms with Crippen molar-refractivity contribution in [3.05, 3.63) is 54.0 Å². The minimum Gasteiger partial charge on any atom is -0.463 e. The van der Waals surface area contributed by atoms with Gasteiger partial charge in [0.15, 0.2) is 0 Å². The van der Waals surface area contributed by atoms with Gasteiger partial charge in [0.05, 0.1) is 19.1 Å². The second-order valence-corrected chi connectivity index (χ2v) is 5.21. The fourth-order valence-electron chi connectivity index (χ4n) is 1.86. The van der Waals surface area contributed by atoms with Crippen molar-refractivity contribution < 1.29 is 13.9 Å². The number of aromatic nitrogens is 4. The lowest BCUT2D eigenvalue weighted by atomic mass is 10.3. The largest absolute Gasteiger partial charge is 0.463 e. The van der Waals surface area contributed by atoms with E-state index in [1.54, 1.807) is 10.7 Å². The van der Waals surface area contributed by atoms with Crippen LogP contribution in [0, 0.1) is 0 Å². The number of furan rings is 1. The van der Waals surface area contributed by atoms with Crippen LogP contribution >= 0.6 is 11.8 Å². The van der Waals surface area contributed by atoms with Gasteiger partial charge in [-0.25, -0.2) is 4.79 Å². The summed E-state index contributed by atoms with van der Waals surface area (Å²) in [5, 5.41) is 12.3. The third-order valence-corrected chi connectivity index (χ3v) is 3.88. The van der Waals surface area contributed by atoms with Gasteiger partial charge in [0, 0.05) is 11.3 Å². The minimum absolute atomic E-state index is 0.203. The molecule has 0 saturated carbocycles. The monoisotopic (exact) mass is 316 g/mol. The second-order valence-electron chi connectivity index (χ2n) is 4.26. The molecule has 0 aliphatic carbocycles. The van der Waals surface area contributed by atoms with Crippen LogP contribution in [0.5, 0.6) is 0 Å². The molecule has 0 saturated heterocycles. The molecule has 2 heterocycles. The third-order valence-electron chi connectivity index (χ3n) is 2.92. The smallest absolute Gasteiger partial charge is 0.374 e. The van der Waals surface area contributed by atoms with E-state index in [1.807, 2.05) is 30.3 Å². The first-order valence-corrected chi connectivity index (χ1v) is 7.39. The van der Waals surface area contributed by atoms with Gasteiger partial charge in [0.2, 0.25) is 10.9 Å². The van der Waals surface area contributed by atoms with Crippen LogP contribution in [0.1, 0.15) is 16.1 Å². The number of nitrogens with zero attached hydrogens (tertiary/aromatic N) is 4. The first kappa shape index (κ1) is 14.3. The Morgan fingerprint density at radius 3 is 2.91 bits per heavy atom. The van der Waals surface area contributed by atoms with Crippen molar-refractivity contribution in [1.29, 1.82) is 0 Å². The maximum atomic E-state index is 11.6. The van der Waals surface area contributed by atoms with Crippen LogP contribution in [-0.4, -0.2) is 33.3 Å². The van der Waals surface area contributed by atoms with E-state index in [-0.39, 0.29) is 5.76 Å². The van der Waals surface area contributed by atoms with Gasteiger partial charge in [-0.3, -0.25) is 0 Å². The van der Waals surface area contributed by atoms with Gasteiger partial charge in [-0.15, -0.1) is 5.10 Å². The Hall–Kier alpha value is -2.61. The summed E-state index contributed by atoms with van der Waals surface area (Å²) in [4.78, 5) is 11.6. The molecule has 3 rings (SSSR count). The number of hydrogen-bond donors (Lipinski definition) is 0. The maximum Gasteiger partial charge on any atom is 0.374 e. The van der Waals surface area contributed by atoms with Crippen LogP contribution in [-0.2, 0) is 10.5 Å². The molecule has 0 spiro atoms. The molecule has 8 heteroatoms. The van der Waals surface area contributed by atoms with E-state index >= 15 is 0 Å². The molecular formula is C14H12N4O3S. The highest BCUT2D eigenvalue weighted by atomic mass is 32.2. The summed E-state index contributed by atoms with van der Waals surface area (Å²) in [5.74, 6) is 0.200. The molecule has 0 radical (unpaired) electrons. The maximum absolute atomic E-state index is 11.6. The molecule has 0 atom stereocenters. The van der Waals surface area contributed by atoms with Crippen molar-refractivity contribution in [2.75, 3.05) is 7.11 Å². The van der Waals surface area contributed by atoms with Crippen molar-refractivity contribution in [2.24, 2.45) is 0 Å². The predicted octanol–water partition coefficient (Wildman–Crippen LogP) is 2.33. The first-order valence-electron chi connectivity index (χ1n) is 6.41. The summed E-state index contributed by atoms with van der Waals surface area (Å²) in [5.41, 5.74) is 1.61. The Morgan fingerprint density at radius 2 is 2.14 bits per heavy atom. The molecule has 3 aromatic rings. The fraction of sp³-hybridized carbons (Fsp3) is 0.143. The number of rotatable bonds is 5. The highest BCUT2D eigenvalue weighted by Gasteiger charge is 2.17. The Morgan fingerprint density at radius 1 is 1.32 bits per heavy atom. The van der Waals surface area contributed by atoms with Gasteiger partial charge >= 0.3 is 5.97 Å². The SMILES string of the molecule is COC(=O)c1occc1CSc1nnnn1-c1ccccc1. The lowest BCUT2D eigenvalue weighted by Gasteiger charge is -2.04. The number of hydrogen-bond acceptors (Lipinski definition) is 7. The zero-order chi connectivity index (χ0) is 15.4. The molecule has 0 aliphatic rings. The average molecular weight is 316 g/mol. The quantitative estimate of drug-likeness (QED) is 0.527. The number of carbonyl (C=O) groups is 1. The zero-order valence-electron chi connectivity index (χ0n) is 11.7. The van der Waals surface area contributed by atoms with Crippen LogP contribution in [0.15, 0.2) is 52.2 Å². The molecule has 0 fully saturated rings. The highest BCUT2D eigenvalue weighted by molar-refractivity contribution is 7.98. The van der Waals surface area contributed by atoms with E-state index in [4.69, 9.17) is 4.42 Å². The number of thioether (sulfide) groups is 1. The van der Waals surface area contributed by atoms with Crippen LogP contribution in [0.4, 0.5) is 0 Å². The minimum atomic E-state index is -0.497. The fourth-order valence-corrected chi connectivity index (χ4v) is 2.73. The number of para-hydroxylation sites is 1. The molecule has 112 valence electrons. The standard InChI is InChI=1S/C14H12N4O3S/c1-20-13(19)12-10(7-8-21-12)9-22-14-15-16-17-18(14)11-5-3-2-4-6-11/h2-8H,9H2,1H3. The molecule has 0 N–H and O–H groups in total. The summed E-state index contributed by atoms with van der Waals surface area (Å²) in [6.45, 7) is 0. The first-order chi connectivity index (χ1) is 10.8. The third kappa shape index (κ3) is 2.86. The molecule has 0 bridgehead atoms. The predicted molar refractivity (Wildman–Crippen MR) is 78.8 cm³/mol. The number of tetrazole rings is 1. The zero-order valence-corrected chi connectivity index (χ0v) is 12.5. The number of ether oxygens (including phenoxy) is 1. The summed E-state index contributed by atoms with van der Waals surface area (Å²) in [7, 11) is 1.32. The van der Waals surface area contributed by atoms with Crippen LogP contribution in [0.2, 0.25) is 0 Å². The van der Waals surface area contributed by atoms with Gasteiger partial charge in [0.1, 0.15) is 0 Å². The number of benzene rings is 1. The molecule has 1 aromatic carbocycles. The summed E-state index contributed by atoms with van der Waals surface area (Å²) in [6, 6.07) is 11.3. The topological polar surface area (TPSA) is 83.0 Å². The molecular weight excluding hydrogens is 304 g/mol. The van der Waals surface area contributed by atoms with Crippen molar-refractivity contribution in [1.82, 2.24) is 20.2 Å². The van der Waals surface area contributed by atoms with Gasteiger partial charge in [-0.05, 0) is 28.6 Å². The van der Waals surface area contributed by atoms with Gasteiger partial charge < -0.3 is 9.15 Å². The van der Waals surface area contributed by atoms with Gasteiger partial charge in [-0.1, -0.05) is 30.0 Å². The average Bonchev–Trinajstić information content (AvgIpc) is 3.21. The lowest BCUT2D eigenvalue weighted by molar-refractivity contribution is 0.0564. The van der Waals surface area contributed by atoms with E-state index in [1.165, 1.54) is 25.1 Å². The van der Waals surface area contributed by atoms with Crippen LogP contribution in [0.3, 0.4) is 0 Å². The Kier molecular flexibility index (Phi) is 4.19. The van der Waals surface area contributed by atoms with E-state index in [9.17, 15) is 4.79 Å². The molecule has 0 amide bonds. The molecule has 0 aliphatic heterocycles. The Balaban J connectivity index is 1.78. The van der Waals surface area contributed by atoms with Crippen molar-refractivity contribution in [2.45, 2.75) is 10.9 Å². The Labute approximate surface area is 130 Å². The number of carbonyl (C=O) groups excluding carboxylic acids is 1. The Bertz CT molecular complexity index is 769. The van der Waals surface area contributed by atoms with E-state index < -0.39 is 5.97 Å². The van der Waals surface area contributed by atoms with E-state index in [0.29, 0.717) is 10.9 Å². The normalized spacial score (nSPS) is 10.6. The van der Waals surface area contributed by atoms with Crippen molar-refractivity contribution >= 4 is 17.7 Å². The van der Waals surface area contributed by atoms with Gasteiger partial charge in [-0.2, -0.15) is 4.68 Å². The summed E-state index contributed by atoms with van der Waals surface area (Å²) in [6.07, 6.45) is 1.46. The van der Waals surface area contributed by atoms with Crippen LogP contribution in [0.25, 0.3) is 5.69 Å². The molecule has 2 aromatic heterocycles. The summed E-state index contributed by atoms with van der Waals surface area (Å²) >= 11 is 1.41. The number of methoxy groups -OCH3 is 1. The highest BCUT2D eigenvalue weighted by Crippen LogP contribution is 2.25. The molecule has 22 heavy (non-hydrogen) atoms. The van der Waals surface area contributed by atoms with E-state index in [0.717, 1.165) is 11.3 Å². The number of esters is 1. The second kappa shape index (κ2) is 6.44.